The standard InChI is InChI=1S/C10H17F2N3O2S/c1-3-13-5-8-4-9(7-15(8)2)18(16,17)14-6-10(11)12/h4,7,10,13-14H,3,5-6H2,1-2H3. The van der Waals surface area contributed by atoms with E-state index in [0.717, 1.165) is 12.2 Å². The molecular weight excluding hydrogens is 264 g/mol. The number of nitrogens with one attached hydrogen (secondary N) is 2. The van der Waals surface area contributed by atoms with Crippen LogP contribution in [0, 0.1) is 0 Å². The van der Waals surface area contributed by atoms with Crippen molar-refractivity contribution in [3.05, 3.63) is 18.0 Å². The van der Waals surface area contributed by atoms with Crippen LogP contribution < -0.4 is 10.0 Å². The lowest BCUT2D eigenvalue weighted by atomic mass is 10.4. The van der Waals surface area contributed by atoms with Gasteiger partial charge in [-0.3, -0.25) is 0 Å². The largest absolute Gasteiger partial charge is 0.352 e. The van der Waals surface area contributed by atoms with Crippen molar-refractivity contribution in [2.24, 2.45) is 7.05 Å². The Morgan fingerprint density at radius 2 is 2.11 bits per heavy atom. The van der Waals surface area contributed by atoms with Gasteiger partial charge in [0.1, 0.15) is 0 Å². The molecule has 0 atom stereocenters. The van der Waals surface area contributed by atoms with E-state index in [2.05, 4.69) is 5.32 Å². The van der Waals surface area contributed by atoms with Gasteiger partial charge in [-0.2, -0.15) is 0 Å². The summed E-state index contributed by atoms with van der Waals surface area (Å²) in [7, 11) is -2.15. The minimum absolute atomic E-state index is 0.00134. The Hall–Kier alpha value is -0.990. The first-order valence-electron chi connectivity index (χ1n) is 5.50. The van der Waals surface area contributed by atoms with Gasteiger partial charge in [0.15, 0.2) is 0 Å². The van der Waals surface area contributed by atoms with E-state index >= 15 is 0 Å². The van der Waals surface area contributed by atoms with Crippen LogP contribution in [0.4, 0.5) is 8.78 Å². The second-order valence-corrected chi connectivity index (χ2v) is 5.57. The summed E-state index contributed by atoms with van der Waals surface area (Å²) in [6.07, 6.45) is -1.30. The third-order valence-corrected chi connectivity index (χ3v) is 3.77. The highest BCUT2D eigenvalue weighted by atomic mass is 32.2. The van der Waals surface area contributed by atoms with Gasteiger partial charge in [0.25, 0.3) is 6.43 Å². The molecule has 0 aliphatic rings. The first-order valence-corrected chi connectivity index (χ1v) is 6.99. The highest BCUT2D eigenvalue weighted by molar-refractivity contribution is 7.89. The van der Waals surface area contributed by atoms with Crippen molar-refractivity contribution in [3.8, 4) is 0 Å². The molecule has 1 rings (SSSR count). The molecule has 0 aromatic carbocycles. The Bertz CT molecular complexity index is 485. The minimum atomic E-state index is -3.86. The first-order chi connectivity index (χ1) is 8.36. The van der Waals surface area contributed by atoms with E-state index in [1.807, 2.05) is 11.6 Å². The Kier molecular flexibility index (Phi) is 5.24. The molecule has 0 amide bonds. The highest BCUT2D eigenvalue weighted by Crippen LogP contribution is 2.13. The van der Waals surface area contributed by atoms with Crippen molar-refractivity contribution in [3.63, 3.8) is 0 Å². The number of hydrogen-bond donors (Lipinski definition) is 2. The summed E-state index contributed by atoms with van der Waals surface area (Å²) in [6, 6.07) is 1.47. The fraction of sp³-hybridized carbons (Fsp3) is 0.600. The molecule has 0 bridgehead atoms. The van der Waals surface area contributed by atoms with Crippen molar-refractivity contribution in [1.82, 2.24) is 14.6 Å². The molecular formula is C10H17F2N3O2S. The van der Waals surface area contributed by atoms with Crippen LogP contribution in [-0.2, 0) is 23.6 Å². The van der Waals surface area contributed by atoms with E-state index in [0.29, 0.717) is 6.54 Å². The Balaban J connectivity index is 2.83. The molecule has 0 spiro atoms. The second kappa shape index (κ2) is 6.26. The molecule has 5 nitrogen and oxygen atoms in total. The van der Waals surface area contributed by atoms with Crippen molar-refractivity contribution >= 4 is 10.0 Å². The summed E-state index contributed by atoms with van der Waals surface area (Å²) in [6.45, 7) is 2.35. The average molecular weight is 281 g/mol. The third-order valence-electron chi connectivity index (χ3n) is 2.38. The van der Waals surface area contributed by atoms with Crippen LogP contribution in [0.15, 0.2) is 17.2 Å². The van der Waals surface area contributed by atoms with Crippen LogP contribution in [0.3, 0.4) is 0 Å². The number of halogens is 2. The van der Waals surface area contributed by atoms with E-state index in [1.165, 1.54) is 12.3 Å². The van der Waals surface area contributed by atoms with Crippen LogP contribution in [0.5, 0.6) is 0 Å². The van der Waals surface area contributed by atoms with E-state index in [1.54, 1.807) is 11.6 Å². The number of alkyl halides is 2. The van der Waals surface area contributed by atoms with Crippen molar-refractivity contribution in [2.75, 3.05) is 13.1 Å². The van der Waals surface area contributed by atoms with Crippen molar-refractivity contribution < 1.29 is 17.2 Å². The van der Waals surface area contributed by atoms with Gasteiger partial charge in [-0.15, -0.1) is 0 Å². The first kappa shape index (κ1) is 15.1. The summed E-state index contributed by atoms with van der Waals surface area (Å²) >= 11 is 0. The number of aryl methyl sites for hydroxylation is 1. The van der Waals surface area contributed by atoms with Gasteiger partial charge in [0, 0.05) is 25.5 Å². The van der Waals surface area contributed by atoms with Gasteiger partial charge >= 0.3 is 0 Å². The van der Waals surface area contributed by atoms with Crippen LogP contribution in [-0.4, -0.2) is 32.5 Å². The van der Waals surface area contributed by atoms with Gasteiger partial charge in [-0.25, -0.2) is 21.9 Å². The number of nitrogens with zero attached hydrogens (tertiary/aromatic N) is 1. The third kappa shape index (κ3) is 4.04. The lowest BCUT2D eigenvalue weighted by Crippen LogP contribution is -2.28. The predicted molar refractivity (Wildman–Crippen MR) is 64.0 cm³/mol. The van der Waals surface area contributed by atoms with E-state index in [9.17, 15) is 17.2 Å². The van der Waals surface area contributed by atoms with Gasteiger partial charge in [0.2, 0.25) is 10.0 Å². The maximum atomic E-state index is 12.0. The van der Waals surface area contributed by atoms with Crippen molar-refractivity contribution in [1.29, 1.82) is 0 Å². The molecule has 104 valence electrons. The number of sulfonamides is 1. The Morgan fingerprint density at radius 3 is 2.67 bits per heavy atom. The van der Waals surface area contributed by atoms with Crippen LogP contribution in [0.1, 0.15) is 12.6 Å². The van der Waals surface area contributed by atoms with Gasteiger partial charge < -0.3 is 9.88 Å². The summed E-state index contributed by atoms with van der Waals surface area (Å²) in [5, 5.41) is 3.06. The molecule has 0 aliphatic heterocycles. The van der Waals surface area contributed by atoms with Crippen LogP contribution >= 0.6 is 0 Å². The van der Waals surface area contributed by atoms with Gasteiger partial charge in [0.05, 0.1) is 11.4 Å². The highest BCUT2D eigenvalue weighted by Gasteiger charge is 2.18. The summed E-state index contributed by atoms with van der Waals surface area (Å²) in [4.78, 5) is -0.00134. The van der Waals surface area contributed by atoms with Crippen LogP contribution in [0.25, 0.3) is 0 Å². The fourth-order valence-electron chi connectivity index (χ4n) is 1.41. The number of aromatic nitrogens is 1. The quantitative estimate of drug-likeness (QED) is 0.772. The average Bonchev–Trinajstić information content (AvgIpc) is 2.66. The maximum absolute atomic E-state index is 12.0. The molecule has 1 aromatic heterocycles. The molecule has 8 heteroatoms. The molecule has 1 heterocycles. The summed E-state index contributed by atoms with van der Waals surface area (Å²) in [5.74, 6) is 0. The van der Waals surface area contributed by atoms with E-state index in [-0.39, 0.29) is 4.90 Å². The molecule has 18 heavy (non-hydrogen) atoms. The van der Waals surface area contributed by atoms with Crippen molar-refractivity contribution in [2.45, 2.75) is 24.8 Å². The Labute approximate surface area is 105 Å². The SMILES string of the molecule is CCNCc1cc(S(=O)(=O)NCC(F)F)cn1C. The zero-order chi connectivity index (χ0) is 13.8. The second-order valence-electron chi connectivity index (χ2n) is 3.80. The van der Waals surface area contributed by atoms with E-state index < -0.39 is 23.0 Å². The predicted octanol–water partition coefficient (Wildman–Crippen LogP) is 0.678. The van der Waals surface area contributed by atoms with Gasteiger partial charge in [-0.05, 0) is 12.6 Å². The molecule has 1 aromatic rings. The molecule has 0 saturated heterocycles. The number of hydrogen-bond acceptors (Lipinski definition) is 3. The topological polar surface area (TPSA) is 63.1 Å². The summed E-state index contributed by atoms with van der Waals surface area (Å²) < 4.78 is 50.9. The minimum Gasteiger partial charge on any atom is -0.352 e. The monoisotopic (exact) mass is 281 g/mol. The van der Waals surface area contributed by atoms with Crippen LogP contribution in [0.2, 0.25) is 0 Å². The smallest absolute Gasteiger partial charge is 0.251 e. The van der Waals surface area contributed by atoms with Gasteiger partial charge in [-0.1, -0.05) is 6.92 Å². The molecule has 0 fully saturated rings. The molecule has 0 saturated carbocycles. The zero-order valence-electron chi connectivity index (χ0n) is 10.3. The zero-order valence-corrected chi connectivity index (χ0v) is 11.1. The molecule has 0 aliphatic carbocycles. The number of rotatable bonds is 7. The summed E-state index contributed by atoms with van der Waals surface area (Å²) in [5.41, 5.74) is 0.772. The normalized spacial score (nSPS) is 12.3. The fourth-order valence-corrected chi connectivity index (χ4v) is 2.51. The lowest BCUT2D eigenvalue weighted by molar-refractivity contribution is 0.153. The molecule has 0 radical (unpaired) electrons. The molecule has 2 N–H and O–H groups in total. The maximum Gasteiger partial charge on any atom is 0.251 e. The molecule has 0 unspecified atom stereocenters. The van der Waals surface area contributed by atoms with E-state index in [4.69, 9.17) is 0 Å². The Morgan fingerprint density at radius 1 is 1.44 bits per heavy atom. The lowest BCUT2D eigenvalue weighted by Gasteiger charge is -2.03.